The lowest BCUT2D eigenvalue weighted by Crippen LogP contribution is -2.20. The summed E-state index contributed by atoms with van der Waals surface area (Å²) in [5.41, 5.74) is 77.5. The number of ether oxygens (including phenoxy) is 6. The number of benzene rings is 6. The number of rotatable bonds is 13. The molecular weight excluding hydrogens is 895 g/mol. The van der Waals surface area contributed by atoms with Crippen molar-refractivity contribution in [2.75, 3.05) is 116 Å². The Hall–Kier alpha value is -9.38. The Labute approximate surface area is 399 Å². The molecule has 0 fully saturated rings. The van der Waals surface area contributed by atoms with Crippen LogP contribution in [0.5, 0.6) is 34.5 Å². The van der Waals surface area contributed by atoms with E-state index in [1.807, 2.05) is 6.92 Å². The highest BCUT2D eigenvalue weighted by molar-refractivity contribution is 5.76. The molecule has 0 aliphatic rings. The number of carbonyl (C=O) groups excluding carboxylic acids is 1. The van der Waals surface area contributed by atoms with Gasteiger partial charge in [-0.15, -0.1) is 0 Å². The molecule has 0 aliphatic carbocycles. The van der Waals surface area contributed by atoms with Gasteiger partial charge in [-0.1, -0.05) is 0 Å². The standard InChI is InChI=1S/C8H11N3O2.C8H10N2O3.C8H12N2O2.C8H12N2O.2C7H10N2O/c2*9-5-1-2-7(6(10)3-5)13-4-8(11)12;9-6-1-2-8(7(10)5-6)12-4-3-11;1-2-11-8-4-3-6(9)5-7(8)10;1-10-7-3-5(8)2-6(9)4-7;1-10-7-3-2-5(8)4-6(7)9/h1-3H,4,9-10H2,(H2,11,12);1-3H,4,9-10H2,(H,11,12);1-2,5,11H,3-4,9-10H2;3-5H,2,9-10H2,1H3;2*2-4H,8-9H2,1H3. The lowest BCUT2D eigenvalue weighted by Gasteiger charge is -2.07. The lowest BCUT2D eigenvalue weighted by molar-refractivity contribution is -0.139. The maximum Gasteiger partial charge on any atom is 0.341 e. The fourth-order valence-corrected chi connectivity index (χ4v) is 4.91. The van der Waals surface area contributed by atoms with Gasteiger partial charge >= 0.3 is 5.97 Å². The molecule has 0 saturated carbocycles. The van der Waals surface area contributed by atoms with E-state index in [2.05, 4.69) is 0 Å². The van der Waals surface area contributed by atoms with E-state index in [9.17, 15) is 9.59 Å². The van der Waals surface area contributed by atoms with E-state index in [4.69, 9.17) is 113 Å². The molecule has 0 heterocycles. The van der Waals surface area contributed by atoms with Crippen LogP contribution in [0.3, 0.4) is 0 Å². The summed E-state index contributed by atoms with van der Waals surface area (Å²) in [5.74, 6) is 1.75. The smallest absolute Gasteiger partial charge is 0.341 e. The molecule has 1 amide bonds. The highest BCUT2D eigenvalue weighted by Gasteiger charge is 2.05. The summed E-state index contributed by atoms with van der Waals surface area (Å²) in [5, 5.41) is 16.8. The molecule has 0 saturated heterocycles. The summed E-state index contributed by atoms with van der Waals surface area (Å²) in [7, 11) is 3.15. The number of carboxylic acid groups (broad SMARTS) is 1. The van der Waals surface area contributed by atoms with E-state index in [1.54, 1.807) is 111 Å². The Bertz CT molecular complexity index is 2430. The van der Waals surface area contributed by atoms with E-state index in [1.165, 1.54) is 12.1 Å². The van der Waals surface area contributed by atoms with Gasteiger partial charge in [0.15, 0.2) is 13.2 Å². The Kier molecular flexibility index (Phi) is 25.6. The van der Waals surface area contributed by atoms with Crippen molar-refractivity contribution in [3.8, 4) is 34.5 Å². The van der Waals surface area contributed by atoms with E-state index < -0.39 is 18.5 Å². The normalized spacial score (nSPS) is 9.51. The Balaban J connectivity index is 0.000000415. The number of anilines is 12. The maximum atomic E-state index is 10.4. The molecule has 0 aliphatic heterocycles. The summed E-state index contributed by atoms with van der Waals surface area (Å²) in [6, 6.07) is 29.9. The molecule has 0 atom stereocenters. The number of aliphatic hydroxyl groups is 1. The minimum Gasteiger partial charge on any atom is -0.497 e. The van der Waals surface area contributed by atoms with Crippen molar-refractivity contribution in [1.82, 2.24) is 0 Å². The number of amides is 1. The lowest BCUT2D eigenvalue weighted by atomic mass is 10.2. The maximum absolute atomic E-state index is 10.4. The fraction of sp³-hybridized carbons (Fsp3) is 0.174. The molecule has 0 radical (unpaired) electrons. The molecule has 6 rings (SSSR count). The van der Waals surface area contributed by atoms with Gasteiger partial charge in [0.2, 0.25) is 0 Å². The van der Waals surface area contributed by atoms with Crippen molar-refractivity contribution in [3.63, 3.8) is 0 Å². The molecule has 69 heavy (non-hydrogen) atoms. The molecule has 374 valence electrons. The SMILES string of the molecule is CCOc1ccc(N)cc1N.COc1cc(N)cc(N)c1.COc1ccc(N)cc1N.NC(=O)COc1ccc(N)cc1N.Nc1ccc(OCC(=O)O)c(N)c1.Nc1ccc(OCCO)c(N)c1. The van der Waals surface area contributed by atoms with Crippen LogP contribution in [0.15, 0.2) is 109 Å². The Morgan fingerprint density at radius 2 is 0.768 bits per heavy atom. The summed E-state index contributed by atoms with van der Waals surface area (Å²) in [6.07, 6.45) is 0. The molecule has 28 N–H and O–H groups in total. The molecule has 6 aromatic carbocycles. The predicted octanol–water partition coefficient (Wildman–Crippen LogP) is 3.22. The van der Waals surface area contributed by atoms with Gasteiger partial charge in [-0.05, 0) is 104 Å². The third-order valence-electron chi connectivity index (χ3n) is 7.95. The van der Waals surface area contributed by atoms with Crippen LogP contribution in [0.2, 0.25) is 0 Å². The van der Waals surface area contributed by atoms with Crippen molar-refractivity contribution in [2.45, 2.75) is 6.92 Å². The van der Waals surface area contributed by atoms with Gasteiger partial charge in [0.05, 0.1) is 55.9 Å². The summed E-state index contributed by atoms with van der Waals surface area (Å²) < 4.78 is 30.0. The number of nitrogens with two attached hydrogens (primary N) is 13. The highest BCUT2D eigenvalue weighted by Crippen LogP contribution is 2.26. The quantitative estimate of drug-likeness (QED) is 0.0739. The van der Waals surface area contributed by atoms with Crippen LogP contribution in [0.4, 0.5) is 68.2 Å². The van der Waals surface area contributed by atoms with Gasteiger partial charge in [0.1, 0.15) is 41.1 Å². The van der Waals surface area contributed by atoms with Crippen molar-refractivity contribution in [3.05, 3.63) is 109 Å². The molecule has 23 heteroatoms. The molecule has 0 aromatic heterocycles. The van der Waals surface area contributed by atoms with Crippen LogP contribution >= 0.6 is 0 Å². The molecule has 0 spiro atoms. The van der Waals surface area contributed by atoms with Crippen LogP contribution in [-0.2, 0) is 9.59 Å². The number of aliphatic hydroxyl groups excluding tert-OH is 1. The van der Waals surface area contributed by atoms with Crippen molar-refractivity contribution in [1.29, 1.82) is 0 Å². The van der Waals surface area contributed by atoms with E-state index >= 15 is 0 Å². The number of aliphatic carboxylic acids is 1. The van der Waals surface area contributed by atoms with Crippen molar-refractivity contribution >= 4 is 80.1 Å². The predicted molar refractivity (Wildman–Crippen MR) is 276 cm³/mol. The Morgan fingerprint density at radius 1 is 0.435 bits per heavy atom. The molecule has 23 nitrogen and oxygen atoms in total. The molecule has 0 unspecified atom stereocenters. The second-order valence-electron chi connectivity index (χ2n) is 13.7. The van der Waals surface area contributed by atoms with E-state index in [0.717, 1.165) is 0 Å². The first-order valence-corrected chi connectivity index (χ1v) is 20.2. The zero-order valence-electron chi connectivity index (χ0n) is 38.6. The summed E-state index contributed by atoms with van der Waals surface area (Å²) in [6.45, 7) is 2.16. The first kappa shape index (κ1) is 57.6. The number of primary amides is 1. The highest BCUT2D eigenvalue weighted by atomic mass is 16.5. The molecule has 6 aromatic rings. The van der Waals surface area contributed by atoms with Gasteiger partial charge in [-0.2, -0.15) is 0 Å². The number of carboxylic acids is 1. The fourth-order valence-electron chi connectivity index (χ4n) is 4.91. The number of hydrogen-bond acceptors (Lipinski definition) is 21. The van der Waals surface area contributed by atoms with E-state index in [-0.39, 0.29) is 19.8 Å². The summed E-state index contributed by atoms with van der Waals surface area (Å²) in [4.78, 5) is 20.5. The third kappa shape index (κ3) is 23.9. The number of methoxy groups -OCH3 is 2. The minimum atomic E-state index is -1.05. The first-order valence-electron chi connectivity index (χ1n) is 20.2. The monoisotopic (exact) mass is 959 g/mol. The van der Waals surface area contributed by atoms with Crippen molar-refractivity contribution in [2.24, 2.45) is 5.73 Å². The van der Waals surface area contributed by atoms with Gasteiger partial charge < -0.3 is 113 Å². The second kappa shape index (κ2) is 30.7. The largest absolute Gasteiger partial charge is 0.497 e. The average Bonchev–Trinajstić information content (AvgIpc) is 3.27. The average molecular weight is 960 g/mol. The molecule has 0 bridgehead atoms. The van der Waals surface area contributed by atoms with Crippen LogP contribution < -0.4 is 103 Å². The number of hydrogen-bond donors (Lipinski definition) is 15. The first-order chi connectivity index (χ1) is 32.6. The second-order valence-corrected chi connectivity index (χ2v) is 13.7. The van der Waals surface area contributed by atoms with Gasteiger partial charge in [-0.25, -0.2) is 4.79 Å². The zero-order valence-corrected chi connectivity index (χ0v) is 38.6. The van der Waals surface area contributed by atoms with Crippen LogP contribution in [0.25, 0.3) is 0 Å². The van der Waals surface area contributed by atoms with E-state index in [0.29, 0.717) is 109 Å². The Morgan fingerprint density at radius 3 is 1.06 bits per heavy atom. The van der Waals surface area contributed by atoms with Gasteiger partial charge in [0.25, 0.3) is 5.91 Å². The minimum absolute atomic E-state index is 0.0240. The number of carbonyl (C=O) groups is 2. The van der Waals surface area contributed by atoms with Gasteiger partial charge in [0, 0.05) is 51.9 Å². The van der Waals surface area contributed by atoms with Crippen LogP contribution in [0.1, 0.15) is 6.92 Å². The molecular formula is C46H65N13O10. The van der Waals surface area contributed by atoms with Gasteiger partial charge in [-0.3, -0.25) is 4.79 Å². The van der Waals surface area contributed by atoms with Crippen LogP contribution in [-0.4, -0.2) is 69.3 Å². The topological polar surface area (TPSA) is 468 Å². The number of nitrogen functional groups attached to an aromatic ring is 12. The third-order valence-corrected chi connectivity index (χ3v) is 7.95. The summed E-state index contributed by atoms with van der Waals surface area (Å²) >= 11 is 0. The van der Waals surface area contributed by atoms with Crippen LogP contribution in [0, 0.1) is 0 Å². The van der Waals surface area contributed by atoms with Crippen molar-refractivity contribution < 1.29 is 48.2 Å². The zero-order chi connectivity index (χ0) is 52.1.